The van der Waals surface area contributed by atoms with Crippen LogP contribution >= 0.6 is 0 Å². The number of carbonyl (C=O) groups excluding carboxylic acids is 1. The maximum Gasteiger partial charge on any atom is 0.215 e. The molecular formula is C6H3NO3. The average Bonchev–Trinajstić information content (AvgIpc) is 2.44. The van der Waals surface area contributed by atoms with Crippen molar-refractivity contribution in [2.75, 3.05) is 0 Å². The first-order valence-corrected chi connectivity index (χ1v) is 2.69. The van der Waals surface area contributed by atoms with Gasteiger partial charge in [0.15, 0.2) is 11.9 Å². The zero-order valence-electron chi connectivity index (χ0n) is 4.90. The fraction of sp³-hybridized carbons (Fsp3) is 0. The molecule has 0 unspecified atom stereocenters. The summed E-state index contributed by atoms with van der Waals surface area (Å²) in [5.41, 5.74) is 1.31. The Bertz CT molecular complexity index is 360. The van der Waals surface area contributed by atoms with Crippen molar-refractivity contribution in [2.24, 2.45) is 0 Å². The first-order valence-electron chi connectivity index (χ1n) is 2.69. The van der Waals surface area contributed by atoms with Crippen LogP contribution in [0.1, 0.15) is 10.4 Å². The van der Waals surface area contributed by atoms with E-state index < -0.39 is 0 Å². The molecule has 0 spiro atoms. The van der Waals surface area contributed by atoms with Crippen LogP contribution in [0.2, 0.25) is 0 Å². The van der Waals surface area contributed by atoms with Crippen molar-refractivity contribution in [1.82, 2.24) is 5.16 Å². The highest BCUT2D eigenvalue weighted by atomic mass is 16.5. The van der Waals surface area contributed by atoms with Gasteiger partial charge in [-0.2, -0.15) is 0 Å². The van der Waals surface area contributed by atoms with Crippen molar-refractivity contribution < 1.29 is 13.7 Å². The molecule has 0 aliphatic heterocycles. The number of rotatable bonds is 1. The Balaban J connectivity index is 2.88. The Hall–Kier alpha value is -1.58. The smallest absolute Gasteiger partial charge is 0.215 e. The maximum absolute atomic E-state index is 10.2. The van der Waals surface area contributed by atoms with Crippen LogP contribution in [0.5, 0.6) is 0 Å². The summed E-state index contributed by atoms with van der Waals surface area (Å²) in [6.07, 6.45) is 3.42. The van der Waals surface area contributed by atoms with E-state index in [1.807, 2.05) is 0 Å². The van der Waals surface area contributed by atoms with E-state index in [0.29, 0.717) is 23.0 Å². The Labute approximate surface area is 55.4 Å². The number of furan rings is 1. The summed E-state index contributed by atoms with van der Waals surface area (Å²) in [5.74, 6) is 0. The normalized spacial score (nSPS) is 10.4. The molecule has 0 amide bonds. The summed E-state index contributed by atoms with van der Waals surface area (Å²) in [5, 5.41) is 3.44. The highest BCUT2D eigenvalue weighted by Crippen LogP contribution is 2.17. The monoisotopic (exact) mass is 137 g/mol. The lowest BCUT2D eigenvalue weighted by atomic mass is 10.3. The molecule has 2 aromatic heterocycles. The van der Waals surface area contributed by atoms with Gasteiger partial charge in [0.05, 0.1) is 5.56 Å². The summed E-state index contributed by atoms with van der Waals surface area (Å²) in [4.78, 5) is 10.2. The fourth-order valence-corrected chi connectivity index (χ4v) is 0.771. The summed E-state index contributed by atoms with van der Waals surface area (Å²) in [6.45, 7) is 0. The molecule has 0 N–H and O–H groups in total. The van der Waals surface area contributed by atoms with E-state index in [1.165, 1.54) is 12.5 Å². The molecule has 50 valence electrons. The minimum absolute atomic E-state index is 0.396. The van der Waals surface area contributed by atoms with Gasteiger partial charge in [-0.3, -0.25) is 4.79 Å². The van der Waals surface area contributed by atoms with Gasteiger partial charge in [-0.1, -0.05) is 5.16 Å². The molecule has 10 heavy (non-hydrogen) atoms. The molecule has 2 rings (SSSR count). The topological polar surface area (TPSA) is 56.2 Å². The van der Waals surface area contributed by atoms with Crippen molar-refractivity contribution in [1.29, 1.82) is 0 Å². The largest absolute Gasteiger partial charge is 0.458 e. The molecule has 0 fully saturated rings. The number of aldehydes is 1. The Morgan fingerprint density at radius 2 is 2.50 bits per heavy atom. The number of hydrogen-bond acceptors (Lipinski definition) is 4. The number of nitrogens with zero attached hydrogens (tertiary/aromatic N) is 1. The molecule has 2 heterocycles. The van der Waals surface area contributed by atoms with Crippen molar-refractivity contribution in [2.45, 2.75) is 0 Å². The second-order valence-corrected chi connectivity index (χ2v) is 1.83. The van der Waals surface area contributed by atoms with Crippen LogP contribution in [0, 0.1) is 0 Å². The summed E-state index contributed by atoms with van der Waals surface area (Å²) in [7, 11) is 0. The van der Waals surface area contributed by atoms with E-state index in [-0.39, 0.29) is 0 Å². The molecule has 0 aromatic carbocycles. The predicted molar refractivity (Wildman–Crippen MR) is 31.7 cm³/mol. The van der Waals surface area contributed by atoms with Gasteiger partial charge in [0.1, 0.15) is 12.5 Å². The van der Waals surface area contributed by atoms with E-state index >= 15 is 0 Å². The summed E-state index contributed by atoms with van der Waals surface area (Å²) in [6, 6.07) is 0. The lowest BCUT2D eigenvalue weighted by Crippen LogP contribution is -1.69. The lowest BCUT2D eigenvalue weighted by Gasteiger charge is -1.71. The minimum Gasteiger partial charge on any atom is -0.458 e. The quantitative estimate of drug-likeness (QED) is 0.554. The predicted octanol–water partition coefficient (Wildman–Crippen LogP) is 1.23. The van der Waals surface area contributed by atoms with Crippen LogP contribution in [0.25, 0.3) is 11.2 Å². The van der Waals surface area contributed by atoms with E-state index in [9.17, 15) is 4.79 Å². The van der Waals surface area contributed by atoms with E-state index in [1.54, 1.807) is 0 Å². The van der Waals surface area contributed by atoms with E-state index in [2.05, 4.69) is 5.16 Å². The van der Waals surface area contributed by atoms with Crippen LogP contribution in [0.15, 0.2) is 21.4 Å². The Morgan fingerprint density at radius 1 is 1.60 bits per heavy atom. The zero-order valence-corrected chi connectivity index (χ0v) is 4.90. The molecular weight excluding hydrogens is 134 g/mol. The third-order valence-corrected chi connectivity index (χ3v) is 1.24. The molecule has 4 nitrogen and oxygen atoms in total. The maximum atomic E-state index is 10.2. The van der Waals surface area contributed by atoms with Gasteiger partial charge in [-0.25, -0.2) is 0 Å². The first kappa shape index (κ1) is 5.22. The molecule has 4 heteroatoms. The third kappa shape index (κ3) is 0.500. The molecule has 0 saturated heterocycles. The van der Waals surface area contributed by atoms with Crippen molar-refractivity contribution in [3.05, 3.63) is 18.0 Å². The number of fused-ring (bicyclic) bond motifs is 1. The van der Waals surface area contributed by atoms with Gasteiger partial charge in [-0.05, 0) is 0 Å². The zero-order chi connectivity index (χ0) is 6.97. The molecule has 0 saturated carbocycles. The van der Waals surface area contributed by atoms with E-state index in [4.69, 9.17) is 8.94 Å². The number of aromatic nitrogens is 1. The Kier molecular flexibility index (Phi) is 0.887. The van der Waals surface area contributed by atoms with Gasteiger partial charge in [-0.15, -0.1) is 0 Å². The summed E-state index contributed by atoms with van der Waals surface area (Å²) < 4.78 is 9.60. The van der Waals surface area contributed by atoms with Crippen molar-refractivity contribution in [3.63, 3.8) is 0 Å². The third-order valence-electron chi connectivity index (χ3n) is 1.24. The van der Waals surface area contributed by atoms with Crippen molar-refractivity contribution >= 4 is 17.5 Å². The first-order chi connectivity index (χ1) is 4.92. The van der Waals surface area contributed by atoms with Gasteiger partial charge < -0.3 is 8.94 Å². The van der Waals surface area contributed by atoms with Crippen LogP contribution in [0.4, 0.5) is 0 Å². The minimum atomic E-state index is 0.396. The second kappa shape index (κ2) is 1.70. The number of carbonyl (C=O) groups is 1. The second-order valence-electron chi connectivity index (χ2n) is 1.83. The van der Waals surface area contributed by atoms with Crippen LogP contribution < -0.4 is 0 Å². The van der Waals surface area contributed by atoms with Gasteiger partial charge in [0.25, 0.3) is 0 Å². The Morgan fingerprint density at radius 3 is 3.30 bits per heavy atom. The molecule has 0 aliphatic carbocycles. The van der Waals surface area contributed by atoms with Crippen LogP contribution in [0.3, 0.4) is 0 Å². The highest BCUT2D eigenvalue weighted by Gasteiger charge is 2.07. The fourth-order valence-electron chi connectivity index (χ4n) is 0.771. The van der Waals surface area contributed by atoms with Crippen LogP contribution in [-0.4, -0.2) is 11.4 Å². The average molecular weight is 137 g/mol. The van der Waals surface area contributed by atoms with Gasteiger partial charge in [0.2, 0.25) is 5.58 Å². The molecule has 0 atom stereocenters. The van der Waals surface area contributed by atoms with Crippen LogP contribution in [-0.2, 0) is 0 Å². The molecule has 2 aromatic rings. The van der Waals surface area contributed by atoms with Gasteiger partial charge >= 0.3 is 0 Å². The van der Waals surface area contributed by atoms with Gasteiger partial charge in [0, 0.05) is 0 Å². The van der Waals surface area contributed by atoms with E-state index in [0.717, 1.165) is 0 Å². The molecule has 0 radical (unpaired) electrons. The SMILES string of the molecule is O=Cc1coc2cnoc12. The molecule has 0 bridgehead atoms. The van der Waals surface area contributed by atoms with Crippen molar-refractivity contribution in [3.8, 4) is 0 Å². The lowest BCUT2D eigenvalue weighted by molar-refractivity contribution is 0.112. The standard InChI is InChI=1S/C6H3NO3/c8-2-4-3-9-5-1-7-10-6(4)5/h1-3H. The molecule has 0 aliphatic rings. The summed E-state index contributed by atoms with van der Waals surface area (Å²) >= 11 is 0. The highest BCUT2D eigenvalue weighted by molar-refractivity contribution is 5.91. The number of hydrogen-bond donors (Lipinski definition) is 0.